The quantitative estimate of drug-likeness (QED) is 0.581. The third-order valence-corrected chi connectivity index (χ3v) is 3.43. The second kappa shape index (κ2) is 9.51. The molecule has 0 aliphatic heterocycles. The van der Waals surface area contributed by atoms with Crippen molar-refractivity contribution in [3.63, 3.8) is 0 Å². The van der Waals surface area contributed by atoms with E-state index in [9.17, 15) is 9.18 Å². The lowest BCUT2D eigenvalue weighted by Crippen LogP contribution is -2.03. The van der Waals surface area contributed by atoms with E-state index in [-0.39, 0.29) is 11.5 Å². The molecule has 1 aromatic rings. The van der Waals surface area contributed by atoms with Crippen LogP contribution in [0.15, 0.2) is 18.2 Å². The SMILES string of the molecule is CCCCCCCCC(=O)Cc1ccc(OC)c(F)c1. The van der Waals surface area contributed by atoms with Crippen LogP contribution >= 0.6 is 0 Å². The number of Topliss-reactive ketones (excluding diaryl/α,β-unsaturated/α-hetero) is 1. The molecule has 0 saturated carbocycles. The van der Waals surface area contributed by atoms with Crippen molar-refractivity contribution < 1.29 is 13.9 Å². The molecule has 0 radical (unpaired) electrons. The lowest BCUT2D eigenvalue weighted by Gasteiger charge is -2.05. The summed E-state index contributed by atoms with van der Waals surface area (Å²) in [4.78, 5) is 11.8. The minimum atomic E-state index is -0.405. The number of carbonyl (C=O) groups excluding carboxylic acids is 1. The topological polar surface area (TPSA) is 26.3 Å². The number of hydrogen-bond donors (Lipinski definition) is 0. The normalized spacial score (nSPS) is 10.6. The van der Waals surface area contributed by atoms with Crippen molar-refractivity contribution >= 4 is 5.78 Å². The summed E-state index contributed by atoms with van der Waals surface area (Å²) >= 11 is 0. The molecule has 3 heteroatoms. The van der Waals surface area contributed by atoms with Crippen LogP contribution in [0.1, 0.15) is 57.4 Å². The van der Waals surface area contributed by atoms with Crippen LogP contribution in [0.2, 0.25) is 0 Å². The molecular weight excluding hydrogens is 255 g/mol. The minimum Gasteiger partial charge on any atom is -0.494 e. The van der Waals surface area contributed by atoms with Gasteiger partial charge in [-0.2, -0.15) is 0 Å². The summed E-state index contributed by atoms with van der Waals surface area (Å²) in [6.07, 6.45) is 7.95. The molecule has 112 valence electrons. The first-order valence-corrected chi connectivity index (χ1v) is 7.51. The van der Waals surface area contributed by atoms with E-state index in [1.54, 1.807) is 12.1 Å². The first-order chi connectivity index (χ1) is 9.67. The number of unbranched alkanes of at least 4 members (excludes halogenated alkanes) is 5. The monoisotopic (exact) mass is 280 g/mol. The van der Waals surface area contributed by atoms with Gasteiger partial charge >= 0.3 is 0 Å². The van der Waals surface area contributed by atoms with Crippen LogP contribution in [0.25, 0.3) is 0 Å². The zero-order valence-corrected chi connectivity index (χ0v) is 12.6. The molecule has 1 aromatic carbocycles. The first kappa shape index (κ1) is 16.7. The van der Waals surface area contributed by atoms with Gasteiger partial charge in [0, 0.05) is 12.8 Å². The Hall–Kier alpha value is -1.38. The number of halogens is 1. The molecular formula is C17H25FO2. The van der Waals surface area contributed by atoms with Crippen molar-refractivity contribution in [2.45, 2.75) is 58.3 Å². The summed E-state index contributed by atoms with van der Waals surface area (Å²) in [6, 6.07) is 4.71. The highest BCUT2D eigenvalue weighted by atomic mass is 19.1. The van der Waals surface area contributed by atoms with Gasteiger partial charge < -0.3 is 4.74 Å². The molecule has 0 heterocycles. The molecule has 1 rings (SSSR count). The Morgan fingerprint density at radius 3 is 2.50 bits per heavy atom. The van der Waals surface area contributed by atoms with E-state index in [2.05, 4.69) is 6.92 Å². The summed E-state index contributed by atoms with van der Waals surface area (Å²) in [5.41, 5.74) is 0.722. The van der Waals surface area contributed by atoms with Crippen molar-refractivity contribution in [2.24, 2.45) is 0 Å². The Labute approximate surface area is 121 Å². The van der Waals surface area contributed by atoms with Gasteiger partial charge in [-0.1, -0.05) is 45.1 Å². The maximum Gasteiger partial charge on any atom is 0.165 e. The molecule has 20 heavy (non-hydrogen) atoms. The van der Waals surface area contributed by atoms with Crippen LogP contribution in [0.3, 0.4) is 0 Å². The van der Waals surface area contributed by atoms with Crippen molar-refractivity contribution in [1.82, 2.24) is 0 Å². The molecule has 0 aliphatic rings. The Bertz CT molecular complexity index is 415. The van der Waals surface area contributed by atoms with Crippen LogP contribution in [0.5, 0.6) is 5.75 Å². The molecule has 0 spiro atoms. The van der Waals surface area contributed by atoms with Gasteiger partial charge in [0.05, 0.1) is 7.11 Å². The largest absolute Gasteiger partial charge is 0.494 e. The number of ether oxygens (including phenoxy) is 1. The van der Waals surface area contributed by atoms with Gasteiger partial charge in [0.1, 0.15) is 5.78 Å². The summed E-state index contributed by atoms with van der Waals surface area (Å²) in [7, 11) is 1.43. The zero-order chi connectivity index (χ0) is 14.8. The highest BCUT2D eigenvalue weighted by molar-refractivity contribution is 5.80. The lowest BCUT2D eigenvalue weighted by atomic mass is 10.0. The van der Waals surface area contributed by atoms with Crippen molar-refractivity contribution in [3.05, 3.63) is 29.6 Å². The van der Waals surface area contributed by atoms with E-state index in [1.165, 1.54) is 38.9 Å². The fourth-order valence-corrected chi connectivity index (χ4v) is 2.24. The van der Waals surface area contributed by atoms with E-state index >= 15 is 0 Å². The van der Waals surface area contributed by atoms with Gasteiger partial charge in [0.2, 0.25) is 0 Å². The smallest absolute Gasteiger partial charge is 0.165 e. The predicted octanol–water partition coefficient (Wildman–Crippen LogP) is 4.70. The van der Waals surface area contributed by atoms with Gasteiger partial charge in [-0.3, -0.25) is 4.79 Å². The maximum absolute atomic E-state index is 13.5. The number of methoxy groups -OCH3 is 1. The van der Waals surface area contributed by atoms with Gasteiger partial charge in [-0.25, -0.2) is 4.39 Å². The number of ketones is 1. The summed E-state index contributed by atoms with van der Waals surface area (Å²) in [5, 5.41) is 0. The number of carbonyl (C=O) groups is 1. The maximum atomic E-state index is 13.5. The fourth-order valence-electron chi connectivity index (χ4n) is 2.24. The molecule has 0 fully saturated rings. The standard InChI is InChI=1S/C17H25FO2/c1-3-4-5-6-7-8-9-15(19)12-14-10-11-17(20-2)16(18)13-14/h10-11,13H,3-9,12H2,1-2H3. The fraction of sp³-hybridized carbons (Fsp3) is 0.588. The van der Waals surface area contributed by atoms with Crippen LogP contribution in [-0.4, -0.2) is 12.9 Å². The Morgan fingerprint density at radius 2 is 1.85 bits per heavy atom. The number of benzene rings is 1. The van der Waals surface area contributed by atoms with Crippen molar-refractivity contribution in [3.8, 4) is 5.75 Å². The summed E-state index contributed by atoms with van der Waals surface area (Å²) in [5.74, 6) is -0.000419. The van der Waals surface area contributed by atoms with E-state index in [0.29, 0.717) is 12.8 Å². The second-order valence-corrected chi connectivity index (χ2v) is 5.20. The van der Waals surface area contributed by atoms with Crippen LogP contribution < -0.4 is 4.74 Å². The van der Waals surface area contributed by atoms with Crippen LogP contribution in [0, 0.1) is 5.82 Å². The zero-order valence-electron chi connectivity index (χ0n) is 12.6. The summed E-state index contributed by atoms with van der Waals surface area (Å²) in [6.45, 7) is 2.19. The van der Waals surface area contributed by atoms with Crippen molar-refractivity contribution in [2.75, 3.05) is 7.11 Å². The van der Waals surface area contributed by atoms with Gasteiger partial charge in [0.25, 0.3) is 0 Å². The predicted molar refractivity (Wildman–Crippen MR) is 79.7 cm³/mol. The van der Waals surface area contributed by atoms with E-state index in [1.807, 2.05) is 0 Å². The minimum absolute atomic E-state index is 0.185. The van der Waals surface area contributed by atoms with Gasteiger partial charge in [-0.05, 0) is 24.1 Å². The number of hydrogen-bond acceptors (Lipinski definition) is 2. The molecule has 0 saturated heterocycles. The molecule has 0 aliphatic carbocycles. The molecule has 0 atom stereocenters. The van der Waals surface area contributed by atoms with Crippen LogP contribution in [0.4, 0.5) is 4.39 Å². The summed E-state index contributed by atoms with van der Waals surface area (Å²) < 4.78 is 18.3. The molecule has 0 bridgehead atoms. The Balaban J connectivity index is 2.26. The Kier molecular flexibility index (Phi) is 7.93. The molecule has 2 nitrogen and oxygen atoms in total. The third-order valence-electron chi connectivity index (χ3n) is 3.43. The number of rotatable bonds is 10. The molecule has 0 aromatic heterocycles. The molecule has 0 unspecified atom stereocenters. The highest BCUT2D eigenvalue weighted by Gasteiger charge is 2.07. The molecule has 0 amide bonds. The average molecular weight is 280 g/mol. The lowest BCUT2D eigenvalue weighted by molar-refractivity contribution is -0.118. The molecule has 0 N–H and O–H groups in total. The van der Waals surface area contributed by atoms with Gasteiger partial charge in [0.15, 0.2) is 11.6 Å². The highest BCUT2D eigenvalue weighted by Crippen LogP contribution is 2.18. The van der Waals surface area contributed by atoms with E-state index < -0.39 is 5.82 Å². The van der Waals surface area contributed by atoms with Crippen LogP contribution in [-0.2, 0) is 11.2 Å². The third kappa shape index (κ3) is 6.18. The second-order valence-electron chi connectivity index (χ2n) is 5.20. The first-order valence-electron chi connectivity index (χ1n) is 7.51. The van der Waals surface area contributed by atoms with E-state index in [4.69, 9.17) is 4.74 Å². The average Bonchev–Trinajstić information content (AvgIpc) is 2.43. The Morgan fingerprint density at radius 1 is 1.15 bits per heavy atom. The van der Waals surface area contributed by atoms with E-state index in [0.717, 1.165) is 18.4 Å². The van der Waals surface area contributed by atoms with Gasteiger partial charge in [-0.15, -0.1) is 0 Å². The van der Waals surface area contributed by atoms with Crippen molar-refractivity contribution in [1.29, 1.82) is 0 Å².